The van der Waals surface area contributed by atoms with Crippen molar-refractivity contribution in [3.8, 4) is 11.5 Å². The van der Waals surface area contributed by atoms with Crippen molar-refractivity contribution in [2.24, 2.45) is 0 Å². The largest absolute Gasteiger partial charge is 0.497 e. The Morgan fingerprint density at radius 3 is 2.55 bits per heavy atom. The number of nitrogens with zero attached hydrogens (tertiary/aromatic N) is 3. The van der Waals surface area contributed by atoms with Crippen molar-refractivity contribution in [2.45, 2.75) is 6.42 Å². The Morgan fingerprint density at radius 1 is 1.03 bits per heavy atom. The predicted molar refractivity (Wildman–Crippen MR) is 113 cm³/mol. The minimum absolute atomic E-state index is 0.308. The summed E-state index contributed by atoms with van der Waals surface area (Å²) in [6, 6.07) is 12.9. The van der Waals surface area contributed by atoms with Crippen molar-refractivity contribution in [2.75, 3.05) is 38.0 Å². The molecule has 1 aromatic carbocycles. The van der Waals surface area contributed by atoms with Crippen LogP contribution >= 0.6 is 0 Å². The number of hydrogen-bond acceptors (Lipinski definition) is 6. The van der Waals surface area contributed by atoms with Crippen molar-refractivity contribution in [1.82, 2.24) is 9.97 Å². The number of likely N-dealkylation sites (N-methyl/N-ethyl adjacent to an activating group) is 1. The van der Waals surface area contributed by atoms with Crippen LogP contribution in [-0.4, -0.2) is 43.7 Å². The molecule has 2 aromatic heterocycles. The molecule has 1 amide bonds. The summed E-state index contributed by atoms with van der Waals surface area (Å²) in [5, 5.41) is 2.85. The summed E-state index contributed by atoms with van der Waals surface area (Å²) in [5.41, 5.74) is 3.01. The van der Waals surface area contributed by atoms with Gasteiger partial charge in [0.05, 0.1) is 19.9 Å². The maximum Gasteiger partial charge on any atom is 0.274 e. The van der Waals surface area contributed by atoms with E-state index >= 15 is 0 Å². The number of pyridine rings is 2. The zero-order valence-corrected chi connectivity index (χ0v) is 16.8. The zero-order chi connectivity index (χ0) is 20.6. The summed E-state index contributed by atoms with van der Waals surface area (Å²) in [6.07, 6.45) is 6.10. The Kier molecular flexibility index (Phi) is 6.63. The molecule has 0 saturated heterocycles. The molecule has 3 aromatic rings. The molecule has 0 aliphatic carbocycles. The molecule has 29 heavy (non-hydrogen) atoms. The smallest absolute Gasteiger partial charge is 0.274 e. The van der Waals surface area contributed by atoms with E-state index in [1.807, 2.05) is 25.2 Å². The second-order valence-corrected chi connectivity index (χ2v) is 6.45. The monoisotopic (exact) mass is 392 g/mol. The number of aromatic nitrogens is 2. The fourth-order valence-electron chi connectivity index (χ4n) is 2.84. The van der Waals surface area contributed by atoms with Crippen molar-refractivity contribution >= 4 is 17.3 Å². The highest BCUT2D eigenvalue weighted by molar-refractivity contribution is 6.04. The Labute approximate surface area is 170 Å². The van der Waals surface area contributed by atoms with Gasteiger partial charge in [-0.1, -0.05) is 0 Å². The van der Waals surface area contributed by atoms with E-state index in [1.54, 1.807) is 57.1 Å². The van der Waals surface area contributed by atoms with E-state index in [4.69, 9.17) is 9.47 Å². The molecule has 0 bridgehead atoms. The van der Waals surface area contributed by atoms with Crippen LogP contribution in [0.4, 0.5) is 11.4 Å². The molecule has 7 heteroatoms. The van der Waals surface area contributed by atoms with Gasteiger partial charge in [0.25, 0.3) is 5.91 Å². The molecule has 7 nitrogen and oxygen atoms in total. The summed E-state index contributed by atoms with van der Waals surface area (Å²) in [6.45, 7) is 0.807. The minimum Gasteiger partial charge on any atom is -0.497 e. The number of amides is 1. The first kappa shape index (κ1) is 20.1. The third-order valence-electron chi connectivity index (χ3n) is 4.56. The molecule has 0 aliphatic rings. The third-order valence-corrected chi connectivity index (χ3v) is 4.56. The number of hydrogen-bond donors (Lipinski definition) is 1. The maximum absolute atomic E-state index is 12.7. The van der Waals surface area contributed by atoms with Crippen molar-refractivity contribution < 1.29 is 14.3 Å². The van der Waals surface area contributed by atoms with Crippen molar-refractivity contribution in [3.05, 3.63) is 72.3 Å². The van der Waals surface area contributed by atoms with E-state index in [1.165, 1.54) is 5.56 Å². The molecule has 0 saturated carbocycles. The highest BCUT2D eigenvalue weighted by Crippen LogP contribution is 2.29. The van der Waals surface area contributed by atoms with Crippen LogP contribution in [0.3, 0.4) is 0 Å². The van der Waals surface area contributed by atoms with Crippen molar-refractivity contribution in [3.63, 3.8) is 0 Å². The maximum atomic E-state index is 12.7. The van der Waals surface area contributed by atoms with E-state index in [0.29, 0.717) is 22.9 Å². The van der Waals surface area contributed by atoms with E-state index in [-0.39, 0.29) is 5.91 Å². The highest BCUT2D eigenvalue weighted by atomic mass is 16.5. The normalized spacial score (nSPS) is 10.3. The number of carbonyl (C=O) groups is 1. The quantitative estimate of drug-likeness (QED) is 0.633. The zero-order valence-electron chi connectivity index (χ0n) is 16.8. The van der Waals surface area contributed by atoms with Crippen molar-refractivity contribution in [1.29, 1.82) is 0 Å². The van der Waals surface area contributed by atoms with Gasteiger partial charge >= 0.3 is 0 Å². The Bertz CT molecular complexity index is 963. The first-order valence-corrected chi connectivity index (χ1v) is 9.20. The highest BCUT2D eigenvalue weighted by Gasteiger charge is 2.13. The molecule has 0 aliphatic heterocycles. The van der Waals surface area contributed by atoms with Crippen LogP contribution < -0.4 is 19.7 Å². The Balaban J connectivity index is 1.69. The van der Waals surface area contributed by atoms with Crippen LogP contribution in [0, 0.1) is 0 Å². The molecule has 2 heterocycles. The number of methoxy groups -OCH3 is 2. The first-order chi connectivity index (χ1) is 14.1. The van der Waals surface area contributed by atoms with Gasteiger partial charge in [-0.25, -0.2) is 0 Å². The van der Waals surface area contributed by atoms with Crippen LogP contribution in [0.15, 0.2) is 61.1 Å². The standard InChI is InChI=1S/C22H24N4O3/c1-26(13-9-16-6-10-23-11-7-16)17-8-12-24-20(14-17)22(27)25-19-5-4-18(28-2)15-21(19)29-3/h4-8,10-12,14-15H,9,13H2,1-3H3,(H,25,27). The summed E-state index contributed by atoms with van der Waals surface area (Å²) in [7, 11) is 5.11. The second-order valence-electron chi connectivity index (χ2n) is 6.45. The fourth-order valence-corrected chi connectivity index (χ4v) is 2.84. The molecule has 0 spiro atoms. The molecule has 150 valence electrons. The third kappa shape index (κ3) is 5.22. The number of anilines is 2. The lowest BCUT2D eigenvalue weighted by Gasteiger charge is -2.19. The van der Waals surface area contributed by atoms with Gasteiger partial charge in [0.1, 0.15) is 17.2 Å². The van der Waals surface area contributed by atoms with Gasteiger partial charge in [0.15, 0.2) is 0 Å². The molecule has 0 fully saturated rings. The van der Waals surface area contributed by atoms with E-state index in [2.05, 4.69) is 20.2 Å². The summed E-state index contributed by atoms with van der Waals surface area (Å²) < 4.78 is 10.5. The van der Waals surface area contributed by atoms with Gasteiger partial charge in [-0.2, -0.15) is 0 Å². The van der Waals surface area contributed by atoms with Crippen LogP contribution in [0.2, 0.25) is 0 Å². The lowest BCUT2D eigenvalue weighted by atomic mass is 10.2. The number of rotatable bonds is 8. The summed E-state index contributed by atoms with van der Waals surface area (Å²) >= 11 is 0. The van der Waals surface area contributed by atoms with Gasteiger partial charge in [-0.05, 0) is 48.4 Å². The number of nitrogens with one attached hydrogen (secondary N) is 1. The van der Waals surface area contributed by atoms with Gasteiger partial charge in [0, 0.05) is 43.9 Å². The number of ether oxygens (including phenoxy) is 2. The second kappa shape index (κ2) is 9.54. The molecule has 0 radical (unpaired) electrons. The van der Waals surface area contributed by atoms with E-state index in [0.717, 1.165) is 18.7 Å². The number of carbonyl (C=O) groups excluding carboxylic acids is 1. The van der Waals surface area contributed by atoms with Crippen LogP contribution in [0.25, 0.3) is 0 Å². The average molecular weight is 392 g/mol. The van der Waals surface area contributed by atoms with Gasteiger partial charge < -0.3 is 19.7 Å². The topological polar surface area (TPSA) is 76.6 Å². The van der Waals surface area contributed by atoms with E-state index < -0.39 is 0 Å². The fraction of sp³-hybridized carbons (Fsp3) is 0.227. The first-order valence-electron chi connectivity index (χ1n) is 9.20. The molecular formula is C22H24N4O3. The van der Waals surface area contributed by atoms with Crippen LogP contribution in [0.5, 0.6) is 11.5 Å². The summed E-state index contributed by atoms with van der Waals surface area (Å²) in [5.74, 6) is 0.858. The molecular weight excluding hydrogens is 368 g/mol. The van der Waals surface area contributed by atoms with Crippen LogP contribution in [0.1, 0.15) is 16.1 Å². The van der Waals surface area contributed by atoms with Gasteiger partial charge in [0.2, 0.25) is 0 Å². The SMILES string of the molecule is COc1ccc(NC(=O)c2cc(N(C)CCc3ccncc3)ccn2)c(OC)c1. The Hall–Kier alpha value is -3.61. The average Bonchev–Trinajstić information content (AvgIpc) is 2.78. The lowest BCUT2D eigenvalue weighted by Crippen LogP contribution is -2.21. The molecule has 1 N–H and O–H groups in total. The van der Waals surface area contributed by atoms with E-state index in [9.17, 15) is 4.79 Å². The van der Waals surface area contributed by atoms with Gasteiger partial charge in [-0.15, -0.1) is 0 Å². The minimum atomic E-state index is -0.308. The molecule has 0 atom stereocenters. The molecule has 3 rings (SSSR count). The number of benzene rings is 1. The predicted octanol–water partition coefficient (Wildman–Crippen LogP) is 3.43. The molecule has 0 unspecified atom stereocenters. The van der Waals surface area contributed by atoms with Gasteiger partial charge in [-0.3, -0.25) is 14.8 Å². The summed E-state index contributed by atoms with van der Waals surface area (Å²) in [4.78, 5) is 23.0. The lowest BCUT2D eigenvalue weighted by molar-refractivity contribution is 0.102. The Morgan fingerprint density at radius 2 is 1.83 bits per heavy atom. The van der Waals surface area contributed by atoms with Crippen LogP contribution in [-0.2, 0) is 6.42 Å².